The van der Waals surface area contributed by atoms with E-state index in [-0.39, 0.29) is 23.4 Å². The third-order valence-electron chi connectivity index (χ3n) is 7.50. The van der Waals surface area contributed by atoms with Gasteiger partial charge in [0.15, 0.2) is 5.54 Å². The van der Waals surface area contributed by atoms with Gasteiger partial charge in [-0.25, -0.2) is 9.69 Å². The average molecular weight is 479 g/mol. The maximum atomic E-state index is 14.0. The van der Waals surface area contributed by atoms with Crippen LogP contribution in [0.3, 0.4) is 0 Å². The highest BCUT2D eigenvalue weighted by Crippen LogP contribution is 2.45. The number of imide groups is 1. The van der Waals surface area contributed by atoms with E-state index in [1.807, 2.05) is 61.5 Å². The van der Waals surface area contributed by atoms with E-state index in [0.717, 1.165) is 27.7 Å². The van der Waals surface area contributed by atoms with Gasteiger partial charge in [-0.1, -0.05) is 60.7 Å². The molecule has 0 aliphatic carbocycles. The summed E-state index contributed by atoms with van der Waals surface area (Å²) < 4.78 is 0. The van der Waals surface area contributed by atoms with E-state index in [2.05, 4.69) is 10.3 Å². The molecule has 7 heteroatoms. The van der Waals surface area contributed by atoms with Gasteiger partial charge in [0.1, 0.15) is 0 Å². The summed E-state index contributed by atoms with van der Waals surface area (Å²) >= 11 is 0. The van der Waals surface area contributed by atoms with Crippen LogP contribution in [0.1, 0.15) is 47.1 Å². The highest BCUT2D eigenvalue weighted by atomic mass is 16.2. The Morgan fingerprint density at radius 1 is 0.972 bits per heavy atom. The number of carbonyl (C=O) groups excluding carboxylic acids is 3. The van der Waals surface area contributed by atoms with Crippen molar-refractivity contribution in [3.63, 3.8) is 0 Å². The highest BCUT2D eigenvalue weighted by molar-refractivity contribution is 6.25. The van der Waals surface area contributed by atoms with Gasteiger partial charge < -0.3 is 15.2 Å². The summed E-state index contributed by atoms with van der Waals surface area (Å²) in [5.74, 6) is -0.708. The number of amides is 4. The van der Waals surface area contributed by atoms with E-state index in [0.29, 0.717) is 18.7 Å². The number of H-pyrrole nitrogens is 1. The van der Waals surface area contributed by atoms with E-state index < -0.39 is 11.6 Å². The fourth-order valence-electron chi connectivity index (χ4n) is 5.56. The van der Waals surface area contributed by atoms with Crippen molar-refractivity contribution in [3.05, 3.63) is 101 Å². The number of carbonyl (C=O) groups is 3. The molecule has 0 saturated carbocycles. The van der Waals surface area contributed by atoms with Crippen molar-refractivity contribution in [2.24, 2.45) is 0 Å². The lowest BCUT2D eigenvalue weighted by Crippen LogP contribution is -2.49. The Morgan fingerprint density at radius 2 is 1.67 bits per heavy atom. The minimum atomic E-state index is -1.18. The highest BCUT2D eigenvalue weighted by Gasteiger charge is 2.59. The zero-order valence-corrected chi connectivity index (χ0v) is 20.1. The predicted molar refractivity (Wildman–Crippen MR) is 138 cm³/mol. The Bertz CT molecular complexity index is 1530. The van der Waals surface area contributed by atoms with E-state index in [9.17, 15) is 14.4 Å². The number of fused-ring (bicyclic) bond motifs is 5. The Balaban J connectivity index is 1.38. The summed E-state index contributed by atoms with van der Waals surface area (Å²) in [6.45, 7) is 4.12. The largest absolute Gasteiger partial charge is 0.356 e. The topological polar surface area (TPSA) is 85.5 Å². The molecule has 0 radical (unpaired) electrons. The Hall–Kier alpha value is -4.39. The smallest absolute Gasteiger partial charge is 0.332 e. The number of hydrogen-bond acceptors (Lipinski definition) is 3. The number of rotatable bonds is 4. The molecule has 0 bridgehead atoms. The van der Waals surface area contributed by atoms with Crippen LogP contribution in [0.4, 0.5) is 10.5 Å². The molecule has 1 saturated heterocycles. The van der Waals surface area contributed by atoms with Crippen LogP contribution in [0.25, 0.3) is 10.9 Å². The van der Waals surface area contributed by atoms with Crippen molar-refractivity contribution in [2.45, 2.75) is 31.8 Å². The molecule has 4 amide bonds. The van der Waals surface area contributed by atoms with Crippen LogP contribution in [0, 0.1) is 0 Å². The van der Waals surface area contributed by atoms with E-state index >= 15 is 0 Å². The van der Waals surface area contributed by atoms with E-state index in [4.69, 9.17) is 0 Å². The van der Waals surface area contributed by atoms with Crippen molar-refractivity contribution in [1.82, 2.24) is 15.2 Å². The van der Waals surface area contributed by atoms with Crippen LogP contribution in [0.2, 0.25) is 0 Å². The maximum Gasteiger partial charge on any atom is 0.332 e. The third kappa shape index (κ3) is 3.09. The first-order valence-electron chi connectivity index (χ1n) is 12.1. The lowest BCUT2D eigenvalue weighted by atomic mass is 9.87. The maximum absolute atomic E-state index is 14.0. The minimum Gasteiger partial charge on any atom is -0.356 e. The molecular formula is C29H26N4O3. The van der Waals surface area contributed by atoms with Gasteiger partial charge in [0.05, 0.1) is 23.0 Å². The number of anilines is 1. The van der Waals surface area contributed by atoms with Gasteiger partial charge >= 0.3 is 6.03 Å². The Labute approximate surface area is 208 Å². The lowest BCUT2D eigenvalue weighted by Gasteiger charge is -2.35. The Morgan fingerprint density at radius 3 is 2.47 bits per heavy atom. The molecule has 180 valence electrons. The molecular weight excluding hydrogens is 452 g/mol. The molecule has 1 fully saturated rings. The summed E-state index contributed by atoms with van der Waals surface area (Å²) in [6, 6.07) is 23.7. The molecule has 3 heterocycles. The first-order chi connectivity index (χ1) is 17.4. The number of para-hydroxylation sites is 2. The van der Waals surface area contributed by atoms with Crippen LogP contribution in [0.15, 0.2) is 78.9 Å². The normalized spacial score (nSPS) is 19.8. The van der Waals surface area contributed by atoms with Crippen molar-refractivity contribution >= 4 is 34.4 Å². The molecule has 6 rings (SSSR count). The molecule has 2 aliphatic heterocycles. The number of nitrogens with zero attached hydrogens (tertiary/aromatic N) is 2. The van der Waals surface area contributed by atoms with E-state index in [1.54, 1.807) is 36.1 Å². The van der Waals surface area contributed by atoms with Gasteiger partial charge in [-0.15, -0.1) is 0 Å². The molecule has 0 spiro atoms. The first-order valence-corrected chi connectivity index (χ1v) is 12.1. The first kappa shape index (κ1) is 22.1. The van der Waals surface area contributed by atoms with Crippen LogP contribution in [-0.4, -0.2) is 34.3 Å². The fourth-order valence-corrected chi connectivity index (χ4v) is 5.56. The number of urea groups is 1. The summed E-state index contributed by atoms with van der Waals surface area (Å²) in [6.07, 6.45) is 0.651. The molecule has 36 heavy (non-hydrogen) atoms. The number of benzene rings is 3. The minimum absolute atomic E-state index is 0.241. The van der Waals surface area contributed by atoms with Crippen molar-refractivity contribution in [1.29, 1.82) is 0 Å². The second-order valence-corrected chi connectivity index (χ2v) is 9.54. The van der Waals surface area contributed by atoms with Gasteiger partial charge in [0.25, 0.3) is 11.8 Å². The zero-order chi connectivity index (χ0) is 25.0. The van der Waals surface area contributed by atoms with E-state index in [1.165, 1.54) is 4.90 Å². The van der Waals surface area contributed by atoms with Gasteiger partial charge in [-0.05, 0) is 49.6 Å². The van der Waals surface area contributed by atoms with Crippen molar-refractivity contribution in [3.8, 4) is 0 Å². The molecule has 2 N–H and O–H groups in total. The fraction of sp³-hybridized carbons (Fsp3) is 0.207. The zero-order valence-electron chi connectivity index (χ0n) is 20.1. The van der Waals surface area contributed by atoms with Gasteiger partial charge in [0.2, 0.25) is 0 Å². The summed E-state index contributed by atoms with van der Waals surface area (Å²) in [5, 5.41) is 4.07. The SMILES string of the molecule is C[C@H](NC(=O)c1ccccc1N1C(=O)N2CCc3c([nH]c4ccccc34)[C@@]2(C)C1=O)c1ccccc1. The number of aromatic nitrogens is 1. The summed E-state index contributed by atoms with van der Waals surface area (Å²) in [5.41, 5.74) is 3.11. The summed E-state index contributed by atoms with van der Waals surface area (Å²) in [7, 11) is 0. The molecule has 0 unspecified atom stereocenters. The van der Waals surface area contributed by atoms with Crippen LogP contribution < -0.4 is 10.2 Å². The van der Waals surface area contributed by atoms with Gasteiger partial charge in [-0.3, -0.25) is 9.59 Å². The van der Waals surface area contributed by atoms with Crippen LogP contribution in [-0.2, 0) is 16.8 Å². The van der Waals surface area contributed by atoms with Gasteiger partial charge in [0, 0.05) is 17.4 Å². The average Bonchev–Trinajstić information content (AvgIpc) is 3.38. The van der Waals surface area contributed by atoms with Crippen molar-refractivity contribution in [2.75, 3.05) is 11.4 Å². The Kier molecular flexibility index (Phi) is 4.96. The quantitative estimate of drug-likeness (QED) is 0.409. The molecule has 7 nitrogen and oxygen atoms in total. The second-order valence-electron chi connectivity index (χ2n) is 9.54. The standard InChI is InChI=1S/C29H26N4O3/c1-18(19-10-4-3-5-11-19)30-26(34)22-13-7-9-15-24(22)33-27(35)29(2)25-21(16-17-32(29)28(33)36)20-12-6-8-14-23(20)31-25/h3-15,18,31H,16-17H2,1-2H3,(H,30,34)/t18-,29-/m0/s1. The van der Waals surface area contributed by atoms with Crippen LogP contribution in [0.5, 0.6) is 0 Å². The third-order valence-corrected chi connectivity index (χ3v) is 7.50. The predicted octanol–water partition coefficient (Wildman–Crippen LogP) is 4.90. The lowest BCUT2D eigenvalue weighted by molar-refractivity contribution is -0.125. The number of hydrogen-bond donors (Lipinski definition) is 2. The molecule has 3 aromatic carbocycles. The number of nitrogens with one attached hydrogen (secondary N) is 2. The van der Waals surface area contributed by atoms with Crippen molar-refractivity contribution < 1.29 is 14.4 Å². The van der Waals surface area contributed by atoms with Crippen LogP contribution >= 0.6 is 0 Å². The monoisotopic (exact) mass is 478 g/mol. The second kappa shape index (κ2) is 8.09. The molecule has 1 aromatic heterocycles. The molecule has 4 aromatic rings. The van der Waals surface area contributed by atoms with Gasteiger partial charge in [-0.2, -0.15) is 0 Å². The summed E-state index contributed by atoms with van der Waals surface area (Å²) in [4.78, 5) is 47.3. The molecule has 2 atom stereocenters. The number of aromatic amines is 1. The molecule has 2 aliphatic rings.